The van der Waals surface area contributed by atoms with E-state index in [1.54, 1.807) is 54.6 Å². The molecular formula is C28H29N3O6. The smallest absolute Gasteiger partial charge is 0.343 e. The molecule has 3 rings (SSSR count). The SMILES string of the molecule is CCCCOc1ccc(C(=O)Oc2ccc(/C=N/NC(=O)C(=O)Nc3ccccc3C)cc2OC)cc1. The molecule has 0 aliphatic rings. The highest BCUT2D eigenvalue weighted by molar-refractivity contribution is 6.39. The summed E-state index contributed by atoms with van der Waals surface area (Å²) in [5.74, 6) is -1.11. The number of esters is 1. The van der Waals surface area contributed by atoms with E-state index in [0.717, 1.165) is 18.4 Å². The highest BCUT2D eigenvalue weighted by Crippen LogP contribution is 2.28. The van der Waals surface area contributed by atoms with Gasteiger partial charge >= 0.3 is 17.8 Å². The maximum atomic E-state index is 12.6. The number of benzene rings is 3. The number of hydrazone groups is 1. The average molecular weight is 504 g/mol. The van der Waals surface area contributed by atoms with Crippen LogP contribution in [-0.4, -0.2) is 37.7 Å². The Morgan fingerprint density at radius 3 is 2.41 bits per heavy atom. The fourth-order valence-corrected chi connectivity index (χ4v) is 3.14. The predicted molar refractivity (Wildman–Crippen MR) is 140 cm³/mol. The van der Waals surface area contributed by atoms with Gasteiger partial charge in [0.1, 0.15) is 5.75 Å². The van der Waals surface area contributed by atoms with Crippen LogP contribution in [0.4, 0.5) is 5.69 Å². The van der Waals surface area contributed by atoms with Crippen LogP contribution >= 0.6 is 0 Å². The molecule has 0 heterocycles. The van der Waals surface area contributed by atoms with Crippen molar-refractivity contribution in [1.82, 2.24) is 5.43 Å². The van der Waals surface area contributed by atoms with Gasteiger partial charge in [0, 0.05) is 5.69 Å². The second-order valence-electron chi connectivity index (χ2n) is 7.99. The molecule has 0 aliphatic heterocycles. The summed E-state index contributed by atoms with van der Waals surface area (Å²) in [5.41, 5.74) is 4.46. The molecule has 3 aromatic carbocycles. The lowest BCUT2D eigenvalue weighted by Crippen LogP contribution is -2.32. The molecule has 0 spiro atoms. The second kappa shape index (κ2) is 13.4. The molecule has 0 saturated heterocycles. The lowest BCUT2D eigenvalue weighted by molar-refractivity contribution is -0.136. The molecule has 0 fully saturated rings. The number of para-hydroxylation sites is 1. The average Bonchev–Trinajstić information content (AvgIpc) is 2.91. The van der Waals surface area contributed by atoms with Crippen LogP contribution in [-0.2, 0) is 9.59 Å². The zero-order valence-electron chi connectivity index (χ0n) is 20.9. The minimum atomic E-state index is -0.918. The zero-order chi connectivity index (χ0) is 26.6. The number of ether oxygens (including phenoxy) is 3. The van der Waals surface area contributed by atoms with Gasteiger partial charge in [0.05, 0.1) is 25.5 Å². The minimum Gasteiger partial charge on any atom is -0.494 e. The monoisotopic (exact) mass is 503 g/mol. The largest absolute Gasteiger partial charge is 0.494 e. The van der Waals surface area contributed by atoms with Crippen LogP contribution in [0.15, 0.2) is 71.8 Å². The molecule has 37 heavy (non-hydrogen) atoms. The minimum absolute atomic E-state index is 0.217. The van der Waals surface area contributed by atoms with Gasteiger partial charge in [-0.3, -0.25) is 9.59 Å². The third-order valence-electron chi connectivity index (χ3n) is 5.23. The van der Waals surface area contributed by atoms with Gasteiger partial charge in [0.25, 0.3) is 0 Å². The first kappa shape index (κ1) is 26.9. The molecule has 0 unspecified atom stereocenters. The number of anilines is 1. The molecule has 192 valence electrons. The molecule has 0 saturated carbocycles. The normalized spacial score (nSPS) is 10.6. The van der Waals surface area contributed by atoms with Gasteiger partial charge in [0.2, 0.25) is 0 Å². The van der Waals surface area contributed by atoms with Crippen molar-refractivity contribution >= 4 is 29.7 Å². The van der Waals surface area contributed by atoms with Crippen LogP contribution in [0.25, 0.3) is 0 Å². The van der Waals surface area contributed by atoms with Crippen molar-refractivity contribution in [3.05, 3.63) is 83.4 Å². The first-order valence-corrected chi connectivity index (χ1v) is 11.7. The van der Waals surface area contributed by atoms with E-state index in [2.05, 4.69) is 22.8 Å². The molecular weight excluding hydrogens is 474 g/mol. The summed E-state index contributed by atoms with van der Waals surface area (Å²) in [5, 5.41) is 6.34. The van der Waals surface area contributed by atoms with Crippen LogP contribution in [0, 0.1) is 6.92 Å². The fourth-order valence-electron chi connectivity index (χ4n) is 3.14. The van der Waals surface area contributed by atoms with E-state index in [9.17, 15) is 14.4 Å². The number of aryl methyl sites for hydroxylation is 1. The Bertz CT molecular complexity index is 1270. The van der Waals surface area contributed by atoms with E-state index in [1.807, 2.05) is 19.1 Å². The Kier molecular flexibility index (Phi) is 9.78. The Labute approximate surface area is 215 Å². The zero-order valence-corrected chi connectivity index (χ0v) is 20.9. The van der Waals surface area contributed by atoms with E-state index in [-0.39, 0.29) is 5.75 Å². The number of amides is 2. The number of methoxy groups -OCH3 is 1. The standard InChI is InChI=1S/C28H29N3O6/c1-4-5-16-36-22-13-11-21(12-14-22)28(34)37-24-15-10-20(17-25(24)35-3)18-29-31-27(33)26(32)30-23-9-7-6-8-19(23)2/h6-15,17-18H,4-5,16H2,1-3H3,(H,30,32)(H,31,33)/b29-18+. The Morgan fingerprint density at radius 1 is 0.946 bits per heavy atom. The quantitative estimate of drug-likeness (QED) is 0.105. The first-order valence-electron chi connectivity index (χ1n) is 11.7. The molecule has 0 bridgehead atoms. The number of nitrogens with zero attached hydrogens (tertiary/aromatic N) is 1. The molecule has 9 heteroatoms. The number of hydrogen-bond acceptors (Lipinski definition) is 7. The van der Waals surface area contributed by atoms with Gasteiger partial charge in [-0.05, 0) is 73.0 Å². The lowest BCUT2D eigenvalue weighted by atomic mass is 10.2. The summed E-state index contributed by atoms with van der Waals surface area (Å²) in [7, 11) is 1.44. The number of carbonyl (C=O) groups excluding carboxylic acids is 3. The van der Waals surface area contributed by atoms with Gasteiger partial charge < -0.3 is 19.5 Å². The van der Waals surface area contributed by atoms with Crippen LogP contribution in [0.5, 0.6) is 17.2 Å². The van der Waals surface area contributed by atoms with Gasteiger partial charge in [-0.15, -0.1) is 0 Å². The van der Waals surface area contributed by atoms with Crippen LogP contribution < -0.4 is 25.0 Å². The fraction of sp³-hybridized carbons (Fsp3) is 0.214. The Morgan fingerprint density at radius 2 is 1.70 bits per heavy atom. The molecule has 9 nitrogen and oxygen atoms in total. The van der Waals surface area contributed by atoms with Crippen molar-refractivity contribution < 1.29 is 28.6 Å². The van der Waals surface area contributed by atoms with E-state index >= 15 is 0 Å². The molecule has 2 N–H and O–H groups in total. The highest BCUT2D eigenvalue weighted by atomic mass is 16.6. The van der Waals surface area contributed by atoms with Crippen molar-refractivity contribution in [3.63, 3.8) is 0 Å². The summed E-state index contributed by atoms with van der Waals surface area (Å²) < 4.78 is 16.4. The summed E-state index contributed by atoms with van der Waals surface area (Å²) >= 11 is 0. The third kappa shape index (κ3) is 7.93. The topological polar surface area (TPSA) is 115 Å². The van der Waals surface area contributed by atoms with Crippen molar-refractivity contribution in [2.24, 2.45) is 5.10 Å². The van der Waals surface area contributed by atoms with Crippen molar-refractivity contribution in [2.75, 3.05) is 19.0 Å². The van der Waals surface area contributed by atoms with Gasteiger partial charge in [-0.2, -0.15) is 5.10 Å². The molecule has 0 radical (unpaired) electrons. The maximum absolute atomic E-state index is 12.6. The Hall–Kier alpha value is -4.66. The first-order chi connectivity index (χ1) is 17.9. The van der Waals surface area contributed by atoms with Gasteiger partial charge in [-0.1, -0.05) is 31.5 Å². The molecule has 3 aromatic rings. The number of nitrogens with one attached hydrogen (secondary N) is 2. The number of carbonyl (C=O) groups is 3. The number of unbranched alkanes of at least 4 members (excludes halogenated alkanes) is 1. The van der Waals surface area contributed by atoms with Crippen LogP contribution in [0.2, 0.25) is 0 Å². The predicted octanol–water partition coefficient (Wildman–Crippen LogP) is 4.49. The van der Waals surface area contributed by atoms with E-state index in [1.165, 1.54) is 13.3 Å². The molecule has 0 aliphatic carbocycles. The summed E-state index contributed by atoms with van der Waals surface area (Å²) in [6, 6.07) is 18.6. The van der Waals surface area contributed by atoms with E-state index in [4.69, 9.17) is 14.2 Å². The van der Waals surface area contributed by atoms with E-state index < -0.39 is 17.8 Å². The van der Waals surface area contributed by atoms with Crippen molar-refractivity contribution in [1.29, 1.82) is 0 Å². The number of rotatable bonds is 10. The highest BCUT2D eigenvalue weighted by Gasteiger charge is 2.15. The second-order valence-corrected chi connectivity index (χ2v) is 7.99. The molecule has 2 amide bonds. The van der Waals surface area contributed by atoms with Crippen molar-refractivity contribution in [2.45, 2.75) is 26.7 Å². The Balaban J connectivity index is 1.57. The van der Waals surface area contributed by atoms with Crippen molar-refractivity contribution in [3.8, 4) is 17.2 Å². The third-order valence-corrected chi connectivity index (χ3v) is 5.23. The summed E-state index contributed by atoms with van der Waals surface area (Å²) in [6.45, 7) is 4.53. The number of hydrogen-bond donors (Lipinski definition) is 2. The summed E-state index contributed by atoms with van der Waals surface area (Å²) in [4.78, 5) is 36.7. The van der Waals surface area contributed by atoms with Crippen LogP contribution in [0.1, 0.15) is 41.3 Å². The van der Waals surface area contributed by atoms with Crippen LogP contribution in [0.3, 0.4) is 0 Å². The molecule has 0 aromatic heterocycles. The van der Waals surface area contributed by atoms with E-state index in [0.29, 0.717) is 34.9 Å². The van der Waals surface area contributed by atoms with Gasteiger partial charge in [0.15, 0.2) is 11.5 Å². The lowest BCUT2D eigenvalue weighted by Gasteiger charge is -2.10. The maximum Gasteiger partial charge on any atom is 0.343 e. The molecule has 0 atom stereocenters. The van der Waals surface area contributed by atoms with Gasteiger partial charge in [-0.25, -0.2) is 10.2 Å². The summed E-state index contributed by atoms with van der Waals surface area (Å²) in [6.07, 6.45) is 3.33.